The summed E-state index contributed by atoms with van der Waals surface area (Å²) in [5.41, 5.74) is 9.98. The van der Waals surface area contributed by atoms with E-state index in [1.165, 1.54) is 98.4 Å². The minimum absolute atomic E-state index is 1.22. The third kappa shape index (κ3) is 4.46. The second kappa shape index (κ2) is 11.6. The van der Waals surface area contributed by atoms with E-state index < -0.39 is 0 Å². The van der Waals surface area contributed by atoms with Gasteiger partial charge in [-0.15, -0.1) is 0 Å². The molecule has 0 saturated heterocycles. The minimum Gasteiger partial charge on any atom is -0.0622 e. The standard InChI is InChI=1S/C50H32/c1-2-15-33(16-3-1)38-21-8-11-25-43(38)49-44-26-12-13-27-45(44)50(47-31-35-18-5-7-22-40(35)41-23-9-10-24-42(41)47)48-32-36(29-30-46(48)49)39-28-14-19-34-17-4-6-20-37(34)39/h1-32H. The third-order valence-corrected chi connectivity index (χ3v) is 10.4. The molecule has 0 aromatic heterocycles. The third-order valence-electron chi connectivity index (χ3n) is 10.4. The van der Waals surface area contributed by atoms with Gasteiger partial charge in [-0.2, -0.15) is 0 Å². The van der Waals surface area contributed by atoms with Crippen molar-refractivity contribution in [3.05, 3.63) is 194 Å². The van der Waals surface area contributed by atoms with Crippen molar-refractivity contribution >= 4 is 53.9 Å². The number of rotatable bonds is 4. The molecule has 232 valence electrons. The molecular weight excluding hydrogens is 601 g/mol. The summed E-state index contributed by atoms with van der Waals surface area (Å²) in [7, 11) is 0. The van der Waals surface area contributed by atoms with Crippen molar-refractivity contribution in [2.75, 3.05) is 0 Å². The zero-order chi connectivity index (χ0) is 33.0. The summed E-state index contributed by atoms with van der Waals surface area (Å²) in [5, 5.41) is 12.6. The lowest BCUT2D eigenvalue weighted by Crippen LogP contribution is -1.94. The quantitative estimate of drug-likeness (QED) is 0.134. The molecule has 10 aromatic carbocycles. The SMILES string of the molecule is c1ccc(-c2ccccc2-c2c3ccccc3c(-c3cc4ccccc4c4ccccc34)c3cc(-c4cccc5ccccc45)ccc23)cc1. The Morgan fingerprint density at radius 1 is 0.200 bits per heavy atom. The Labute approximate surface area is 291 Å². The van der Waals surface area contributed by atoms with Crippen LogP contribution in [0.5, 0.6) is 0 Å². The van der Waals surface area contributed by atoms with Gasteiger partial charge >= 0.3 is 0 Å². The Balaban J connectivity index is 1.39. The Bertz CT molecular complexity index is 2910. The number of hydrogen-bond acceptors (Lipinski definition) is 0. The molecule has 0 atom stereocenters. The summed E-state index contributed by atoms with van der Waals surface area (Å²) >= 11 is 0. The van der Waals surface area contributed by atoms with E-state index in [1.807, 2.05) is 0 Å². The highest BCUT2D eigenvalue weighted by molar-refractivity contribution is 6.27. The fourth-order valence-electron chi connectivity index (χ4n) is 8.24. The highest BCUT2D eigenvalue weighted by atomic mass is 14.2. The van der Waals surface area contributed by atoms with E-state index in [0.717, 1.165) is 0 Å². The van der Waals surface area contributed by atoms with Crippen molar-refractivity contribution in [1.29, 1.82) is 0 Å². The molecule has 0 radical (unpaired) electrons. The van der Waals surface area contributed by atoms with E-state index >= 15 is 0 Å². The van der Waals surface area contributed by atoms with Crippen LogP contribution < -0.4 is 0 Å². The maximum atomic E-state index is 2.46. The van der Waals surface area contributed by atoms with Crippen LogP contribution in [-0.4, -0.2) is 0 Å². The van der Waals surface area contributed by atoms with Gasteiger partial charge in [0.05, 0.1) is 0 Å². The average Bonchev–Trinajstić information content (AvgIpc) is 3.19. The zero-order valence-electron chi connectivity index (χ0n) is 27.5. The molecule has 0 amide bonds. The Morgan fingerprint density at radius 3 is 1.50 bits per heavy atom. The van der Waals surface area contributed by atoms with Gasteiger partial charge in [0, 0.05) is 0 Å². The van der Waals surface area contributed by atoms with Crippen molar-refractivity contribution < 1.29 is 0 Å². The van der Waals surface area contributed by atoms with E-state index in [0.29, 0.717) is 0 Å². The van der Waals surface area contributed by atoms with Gasteiger partial charge in [0.1, 0.15) is 0 Å². The maximum absolute atomic E-state index is 2.46. The van der Waals surface area contributed by atoms with Crippen LogP contribution in [0.25, 0.3) is 98.4 Å². The van der Waals surface area contributed by atoms with Gasteiger partial charge in [-0.05, 0) is 111 Å². The molecule has 0 aliphatic carbocycles. The van der Waals surface area contributed by atoms with Gasteiger partial charge in [0.2, 0.25) is 0 Å². The maximum Gasteiger partial charge on any atom is -0.00197 e. The van der Waals surface area contributed by atoms with Crippen molar-refractivity contribution in [3.8, 4) is 44.5 Å². The zero-order valence-corrected chi connectivity index (χ0v) is 27.5. The van der Waals surface area contributed by atoms with Crippen molar-refractivity contribution in [3.63, 3.8) is 0 Å². The molecule has 0 bridgehead atoms. The number of benzene rings is 10. The average molecular weight is 633 g/mol. The van der Waals surface area contributed by atoms with Crippen LogP contribution >= 0.6 is 0 Å². The monoisotopic (exact) mass is 632 g/mol. The highest BCUT2D eigenvalue weighted by Crippen LogP contribution is 2.49. The van der Waals surface area contributed by atoms with Crippen LogP contribution in [0, 0.1) is 0 Å². The van der Waals surface area contributed by atoms with Gasteiger partial charge in [0.15, 0.2) is 0 Å². The molecular formula is C50H32. The molecule has 0 nitrogen and oxygen atoms in total. The first-order valence-electron chi connectivity index (χ1n) is 17.4. The van der Waals surface area contributed by atoms with Gasteiger partial charge in [-0.1, -0.05) is 182 Å². The Kier molecular flexibility index (Phi) is 6.60. The minimum atomic E-state index is 1.22. The summed E-state index contributed by atoms with van der Waals surface area (Å²) in [6, 6.07) is 71.4. The molecule has 0 fully saturated rings. The van der Waals surface area contributed by atoms with Crippen LogP contribution in [0.15, 0.2) is 194 Å². The normalized spacial score (nSPS) is 11.6. The second-order valence-electron chi connectivity index (χ2n) is 13.2. The molecule has 0 N–H and O–H groups in total. The molecule has 0 aliphatic heterocycles. The molecule has 0 spiro atoms. The van der Waals surface area contributed by atoms with Crippen molar-refractivity contribution in [1.82, 2.24) is 0 Å². The van der Waals surface area contributed by atoms with Gasteiger partial charge in [-0.3, -0.25) is 0 Å². The summed E-state index contributed by atoms with van der Waals surface area (Å²) in [4.78, 5) is 0. The van der Waals surface area contributed by atoms with Crippen molar-refractivity contribution in [2.45, 2.75) is 0 Å². The molecule has 10 aromatic rings. The van der Waals surface area contributed by atoms with Gasteiger partial charge < -0.3 is 0 Å². The topological polar surface area (TPSA) is 0 Å². The van der Waals surface area contributed by atoms with Crippen LogP contribution in [0.3, 0.4) is 0 Å². The highest BCUT2D eigenvalue weighted by Gasteiger charge is 2.21. The predicted octanol–water partition coefficient (Wildman–Crippen LogP) is 14.1. The molecule has 50 heavy (non-hydrogen) atoms. The van der Waals surface area contributed by atoms with Crippen LogP contribution in [0.4, 0.5) is 0 Å². The van der Waals surface area contributed by atoms with Crippen molar-refractivity contribution in [2.24, 2.45) is 0 Å². The molecule has 0 aliphatic rings. The van der Waals surface area contributed by atoms with E-state index in [2.05, 4.69) is 194 Å². The van der Waals surface area contributed by atoms with Gasteiger partial charge in [-0.25, -0.2) is 0 Å². The van der Waals surface area contributed by atoms with Gasteiger partial charge in [0.25, 0.3) is 0 Å². The lowest BCUT2D eigenvalue weighted by Gasteiger charge is -2.22. The first kappa shape index (κ1) is 28.5. The van der Waals surface area contributed by atoms with Crippen LogP contribution in [0.2, 0.25) is 0 Å². The molecule has 0 saturated carbocycles. The number of hydrogen-bond donors (Lipinski definition) is 0. The van der Waals surface area contributed by atoms with Crippen LogP contribution in [-0.2, 0) is 0 Å². The second-order valence-corrected chi connectivity index (χ2v) is 13.2. The first-order chi connectivity index (χ1) is 24.8. The summed E-state index contributed by atoms with van der Waals surface area (Å²) in [6.45, 7) is 0. The van der Waals surface area contributed by atoms with E-state index in [9.17, 15) is 0 Å². The Morgan fingerprint density at radius 2 is 0.720 bits per heavy atom. The summed E-state index contributed by atoms with van der Waals surface area (Å²) in [5.74, 6) is 0. The molecule has 0 unspecified atom stereocenters. The first-order valence-corrected chi connectivity index (χ1v) is 17.4. The van der Waals surface area contributed by atoms with E-state index in [1.54, 1.807) is 0 Å². The smallest absolute Gasteiger partial charge is 0.00197 e. The number of fused-ring (bicyclic) bond motifs is 6. The summed E-state index contributed by atoms with van der Waals surface area (Å²) in [6.07, 6.45) is 0. The van der Waals surface area contributed by atoms with E-state index in [4.69, 9.17) is 0 Å². The fraction of sp³-hybridized carbons (Fsp3) is 0. The lowest BCUT2D eigenvalue weighted by atomic mass is 9.81. The van der Waals surface area contributed by atoms with Crippen LogP contribution in [0.1, 0.15) is 0 Å². The fourth-order valence-corrected chi connectivity index (χ4v) is 8.24. The van der Waals surface area contributed by atoms with E-state index in [-0.39, 0.29) is 0 Å². The summed E-state index contributed by atoms with van der Waals surface area (Å²) < 4.78 is 0. The molecule has 0 heteroatoms. The predicted molar refractivity (Wildman–Crippen MR) is 216 cm³/mol. The molecule has 10 rings (SSSR count). The molecule has 0 heterocycles. The Hall–Kier alpha value is -6.50. The lowest BCUT2D eigenvalue weighted by molar-refractivity contribution is 1.61. The largest absolute Gasteiger partial charge is 0.0622 e.